The molecule has 3 N–H and O–H groups in total. The highest BCUT2D eigenvalue weighted by Crippen LogP contribution is 2.23. The second-order valence-electron chi connectivity index (χ2n) is 9.73. The molecule has 1 aliphatic heterocycles. The number of piperidine rings is 1. The van der Waals surface area contributed by atoms with Crippen LogP contribution >= 0.6 is 0 Å². The molecule has 1 aliphatic rings. The summed E-state index contributed by atoms with van der Waals surface area (Å²) in [6.45, 7) is 5.14. The minimum atomic E-state index is -2.64. The average Bonchev–Trinajstić information content (AvgIpc) is 3.27. The van der Waals surface area contributed by atoms with Crippen LogP contribution in [0.5, 0.6) is 0 Å². The summed E-state index contributed by atoms with van der Waals surface area (Å²) >= 11 is 0. The predicted molar refractivity (Wildman–Crippen MR) is 148 cm³/mol. The average molecular weight is 544 g/mol. The lowest BCUT2D eigenvalue weighted by molar-refractivity contribution is 0.0969. The zero-order chi connectivity index (χ0) is 27.6. The zero-order valence-electron chi connectivity index (χ0n) is 21.7. The van der Waals surface area contributed by atoms with Gasteiger partial charge in [0.1, 0.15) is 5.88 Å². The molecule has 3 aromatic rings. The highest BCUT2D eigenvalue weighted by molar-refractivity contribution is 7.72. The SMILES string of the molecule is CC(C)=CCn1c(N2CCCC(N)C2)nc2c1c(=O)n(CC(=O)c1cccc(NC[SH](=O)=O)c1)c(=O)n2C. The molecule has 1 unspecified atom stereocenters. The summed E-state index contributed by atoms with van der Waals surface area (Å²) < 4.78 is 25.8. The van der Waals surface area contributed by atoms with Crippen LogP contribution in [0, 0.1) is 0 Å². The number of rotatable bonds is 9. The van der Waals surface area contributed by atoms with Crippen molar-refractivity contribution in [2.75, 3.05) is 29.2 Å². The van der Waals surface area contributed by atoms with Gasteiger partial charge in [-0.3, -0.25) is 18.7 Å². The van der Waals surface area contributed by atoms with Crippen LogP contribution in [0.3, 0.4) is 0 Å². The fourth-order valence-corrected chi connectivity index (χ4v) is 4.88. The van der Waals surface area contributed by atoms with Crippen molar-refractivity contribution in [3.8, 4) is 0 Å². The van der Waals surface area contributed by atoms with Gasteiger partial charge in [-0.15, -0.1) is 0 Å². The number of nitrogens with two attached hydrogens (primary N) is 1. The molecule has 3 heterocycles. The molecule has 0 spiro atoms. The van der Waals surface area contributed by atoms with E-state index in [1.165, 1.54) is 17.7 Å². The van der Waals surface area contributed by atoms with Gasteiger partial charge >= 0.3 is 5.69 Å². The summed E-state index contributed by atoms with van der Waals surface area (Å²) in [4.78, 5) is 46.8. The summed E-state index contributed by atoms with van der Waals surface area (Å²) in [5.41, 5.74) is 7.18. The maximum Gasteiger partial charge on any atom is 0.332 e. The van der Waals surface area contributed by atoms with Crippen LogP contribution in [-0.2, 0) is 30.8 Å². The second-order valence-corrected chi connectivity index (χ2v) is 10.7. The largest absolute Gasteiger partial charge is 0.372 e. The Kier molecular flexibility index (Phi) is 8.17. The number of hydrogen-bond donors (Lipinski definition) is 3. The van der Waals surface area contributed by atoms with Gasteiger partial charge in [0.2, 0.25) is 5.95 Å². The van der Waals surface area contributed by atoms with Crippen LogP contribution in [0.4, 0.5) is 11.6 Å². The molecule has 0 aliphatic carbocycles. The van der Waals surface area contributed by atoms with Gasteiger partial charge in [0.05, 0.1) is 6.54 Å². The van der Waals surface area contributed by atoms with E-state index in [0.717, 1.165) is 29.5 Å². The number of nitrogens with zero attached hydrogens (tertiary/aromatic N) is 5. The van der Waals surface area contributed by atoms with Gasteiger partial charge in [0, 0.05) is 44.0 Å². The lowest BCUT2D eigenvalue weighted by Crippen LogP contribution is -2.44. The highest BCUT2D eigenvalue weighted by Gasteiger charge is 2.26. The van der Waals surface area contributed by atoms with Crippen molar-refractivity contribution in [3.63, 3.8) is 0 Å². The summed E-state index contributed by atoms with van der Waals surface area (Å²) in [6, 6.07) is 6.25. The summed E-state index contributed by atoms with van der Waals surface area (Å²) in [5.74, 6) is -0.167. The van der Waals surface area contributed by atoms with Crippen molar-refractivity contribution >= 4 is 39.3 Å². The summed E-state index contributed by atoms with van der Waals surface area (Å²) in [6.07, 6.45) is 3.77. The van der Waals surface area contributed by atoms with Gasteiger partial charge in [-0.1, -0.05) is 23.8 Å². The third-order valence-electron chi connectivity index (χ3n) is 6.53. The third kappa shape index (κ3) is 5.73. The molecule has 0 saturated carbocycles. The fourth-order valence-electron chi connectivity index (χ4n) is 4.57. The van der Waals surface area contributed by atoms with Crippen LogP contribution in [0.1, 0.15) is 37.0 Å². The smallest absolute Gasteiger partial charge is 0.332 e. The van der Waals surface area contributed by atoms with E-state index in [0.29, 0.717) is 24.7 Å². The van der Waals surface area contributed by atoms with Crippen LogP contribution < -0.4 is 27.2 Å². The number of Topliss-reactive ketones (excluding diaryl/α,β-unsaturated/α-hetero) is 1. The molecular weight excluding hydrogens is 510 g/mol. The molecular formula is C25H33N7O5S. The number of fused-ring (bicyclic) bond motifs is 1. The number of nitrogens with one attached hydrogen (secondary N) is 1. The quantitative estimate of drug-likeness (QED) is 0.200. The van der Waals surface area contributed by atoms with E-state index in [1.807, 2.05) is 24.8 Å². The van der Waals surface area contributed by atoms with E-state index in [2.05, 4.69) is 5.32 Å². The van der Waals surface area contributed by atoms with Crippen molar-refractivity contribution in [1.82, 2.24) is 18.7 Å². The Labute approximate surface area is 221 Å². The van der Waals surface area contributed by atoms with Crippen LogP contribution in [0.15, 0.2) is 45.5 Å². The number of aromatic nitrogens is 4. The number of aryl methyl sites for hydroxylation is 1. The van der Waals surface area contributed by atoms with Crippen molar-refractivity contribution in [2.24, 2.45) is 12.8 Å². The molecule has 0 amide bonds. The first-order valence-corrected chi connectivity index (χ1v) is 13.8. The van der Waals surface area contributed by atoms with Gasteiger partial charge in [-0.05, 0) is 38.8 Å². The van der Waals surface area contributed by atoms with E-state index >= 15 is 0 Å². The van der Waals surface area contributed by atoms with Crippen LogP contribution in [0.2, 0.25) is 0 Å². The molecule has 1 fully saturated rings. The van der Waals surface area contributed by atoms with Crippen molar-refractivity contribution in [1.29, 1.82) is 0 Å². The van der Waals surface area contributed by atoms with Gasteiger partial charge < -0.3 is 20.5 Å². The van der Waals surface area contributed by atoms with Gasteiger partial charge in [-0.2, -0.15) is 4.98 Å². The zero-order valence-corrected chi connectivity index (χ0v) is 22.6. The number of benzene rings is 1. The molecule has 1 aromatic carbocycles. The van der Waals surface area contributed by atoms with E-state index in [1.54, 1.807) is 22.8 Å². The standard InChI is InChI=1S/C25H33N7O5S/c1-16(2)9-11-31-21-22(28-24(31)30-10-5-7-18(26)13-30)29(3)25(35)32(23(21)34)14-20(33)17-6-4-8-19(12-17)27-15-38(36)37/h4,6,8-9,12,18,27,38H,5,7,10-11,13-15,26H2,1-3H3. The number of ketones is 1. The van der Waals surface area contributed by atoms with Crippen LogP contribution in [0.25, 0.3) is 11.2 Å². The molecule has 204 valence electrons. The van der Waals surface area contributed by atoms with Crippen molar-refractivity contribution in [3.05, 3.63) is 62.3 Å². The van der Waals surface area contributed by atoms with Gasteiger partial charge in [0.25, 0.3) is 5.56 Å². The third-order valence-corrected chi connectivity index (χ3v) is 6.95. The Balaban J connectivity index is 1.79. The second kappa shape index (κ2) is 11.4. The molecule has 1 atom stereocenters. The predicted octanol–water partition coefficient (Wildman–Crippen LogP) is 0.654. The van der Waals surface area contributed by atoms with E-state index in [9.17, 15) is 22.8 Å². The monoisotopic (exact) mass is 543 g/mol. The van der Waals surface area contributed by atoms with E-state index in [-0.39, 0.29) is 28.6 Å². The molecule has 1 saturated heterocycles. The highest BCUT2D eigenvalue weighted by atomic mass is 32.2. The molecule has 0 radical (unpaired) electrons. The van der Waals surface area contributed by atoms with Crippen LogP contribution in [-0.4, -0.2) is 57.9 Å². The van der Waals surface area contributed by atoms with Crippen molar-refractivity contribution < 1.29 is 13.2 Å². The topological polar surface area (TPSA) is 154 Å². The summed E-state index contributed by atoms with van der Waals surface area (Å²) in [7, 11) is -1.11. The van der Waals surface area contributed by atoms with E-state index < -0.39 is 34.3 Å². The molecule has 4 rings (SSSR count). The number of thiol groups is 1. The van der Waals surface area contributed by atoms with E-state index in [4.69, 9.17) is 10.7 Å². The maximum absolute atomic E-state index is 13.7. The number of imidazole rings is 1. The number of hydrogen-bond acceptors (Lipinski definition) is 9. The number of carbonyl (C=O) groups is 1. The van der Waals surface area contributed by atoms with Gasteiger partial charge in [0.15, 0.2) is 27.7 Å². The first-order chi connectivity index (χ1) is 18.1. The molecule has 38 heavy (non-hydrogen) atoms. The number of anilines is 2. The maximum atomic E-state index is 13.7. The first kappa shape index (κ1) is 27.3. The summed E-state index contributed by atoms with van der Waals surface area (Å²) in [5, 5.41) is 2.71. The van der Waals surface area contributed by atoms with Gasteiger partial charge in [-0.25, -0.2) is 13.2 Å². The molecule has 12 nitrogen and oxygen atoms in total. The van der Waals surface area contributed by atoms with Crippen molar-refractivity contribution in [2.45, 2.75) is 45.8 Å². The number of allylic oxidation sites excluding steroid dienone is 2. The fraction of sp³-hybridized carbons (Fsp3) is 0.440. The first-order valence-electron chi connectivity index (χ1n) is 12.4. The Bertz CT molecular complexity index is 1590. The molecule has 0 bridgehead atoms. The molecule has 13 heteroatoms. The normalized spacial score (nSPS) is 15.7. The number of carbonyl (C=O) groups excluding carboxylic acids is 1. The molecule has 2 aromatic heterocycles. The lowest BCUT2D eigenvalue weighted by Gasteiger charge is -2.31. The Hall–Kier alpha value is -3.71. The Morgan fingerprint density at radius 1 is 1.24 bits per heavy atom. The minimum absolute atomic E-state index is 0.0157. The Morgan fingerprint density at radius 2 is 2.00 bits per heavy atom. The Morgan fingerprint density at radius 3 is 2.68 bits per heavy atom. The lowest BCUT2D eigenvalue weighted by atomic mass is 10.1. The minimum Gasteiger partial charge on any atom is -0.372 e.